The van der Waals surface area contributed by atoms with E-state index in [-0.39, 0.29) is 17.6 Å². The van der Waals surface area contributed by atoms with Crippen molar-refractivity contribution in [3.63, 3.8) is 0 Å². The summed E-state index contributed by atoms with van der Waals surface area (Å²) in [6, 6.07) is 9.16. The van der Waals surface area contributed by atoms with Crippen LogP contribution < -0.4 is 4.74 Å². The van der Waals surface area contributed by atoms with Crippen LogP contribution in [0.2, 0.25) is 0 Å². The van der Waals surface area contributed by atoms with Crippen LogP contribution >= 0.6 is 0 Å². The second kappa shape index (κ2) is 7.14. The Morgan fingerprint density at radius 1 is 0.917 bits per heavy atom. The Bertz CT molecular complexity index is 724. The first-order valence-electron chi connectivity index (χ1n) is 8.48. The van der Waals surface area contributed by atoms with Gasteiger partial charge >= 0.3 is 0 Å². The SMILES string of the molecule is COc1cc2cc(c1O)-c1cc(ccc1O)CC[C@H](O)CCCC2. The van der Waals surface area contributed by atoms with Gasteiger partial charge in [0.2, 0.25) is 0 Å². The first-order valence-corrected chi connectivity index (χ1v) is 8.48. The number of aliphatic hydroxyl groups is 1. The number of phenols is 2. The van der Waals surface area contributed by atoms with Crippen molar-refractivity contribution in [3.8, 4) is 28.4 Å². The molecule has 2 aromatic carbocycles. The fourth-order valence-electron chi connectivity index (χ4n) is 3.31. The molecule has 0 aliphatic heterocycles. The van der Waals surface area contributed by atoms with E-state index in [0.717, 1.165) is 43.2 Å². The summed E-state index contributed by atoms with van der Waals surface area (Å²) in [6.45, 7) is 0. The normalized spacial score (nSPS) is 18.2. The van der Waals surface area contributed by atoms with Gasteiger partial charge in [-0.05, 0) is 67.5 Å². The molecule has 0 saturated carbocycles. The van der Waals surface area contributed by atoms with E-state index in [1.165, 1.54) is 7.11 Å². The predicted molar refractivity (Wildman–Crippen MR) is 93.6 cm³/mol. The minimum absolute atomic E-state index is 0.0450. The second-order valence-electron chi connectivity index (χ2n) is 6.48. The Balaban J connectivity index is 2.13. The van der Waals surface area contributed by atoms with Gasteiger partial charge in [0.25, 0.3) is 0 Å². The van der Waals surface area contributed by atoms with E-state index >= 15 is 0 Å². The number of hydrogen-bond acceptors (Lipinski definition) is 4. The van der Waals surface area contributed by atoms with Gasteiger partial charge in [-0.25, -0.2) is 0 Å². The van der Waals surface area contributed by atoms with E-state index in [4.69, 9.17) is 4.74 Å². The maximum atomic E-state index is 10.5. The number of aryl methyl sites for hydroxylation is 2. The number of aromatic hydroxyl groups is 2. The van der Waals surface area contributed by atoms with Gasteiger partial charge in [0, 0.05) is 11.1 Å². The molecule has 1 aliphatic rings. The number of phenolic OH excluding ortho intramolecular Hbond substituents is 2. The lowest BCUT2D eigenvalue weighted by Crippen LogP contribution is -2.08. The quantitative estimate of drug-likeness (QED) is 0.745. The Morgan fingerprint density at radius 3 is 2.50 bits per heavy atom. The van der Waals surface area contributed by atoms with Crippen molar-refractivity contribution >= 4 is 0 Å². The monoisotopic (exact) mass is 328 g/mol. The van der Waals surface area contributed by atoms with Crippen molar-refractivity contribution in [2.75, 3.05) is 7.11 Å². The molecule has 0 radical (unpaired) electrons. The maximum Gasteiger partial charge on any atom is 0.165 e. The van der Waals surface area contributed by atoms with Gasteiger partial charge in [-0.2, -0.15) is 0 Å². The molecule has 0 saturated heterocycles. The molecule has 1 atom stereocenters. The summed E-state index contributed by atoms with van der Waals surface area (Å²) in [5.41, 5.74) is 3.27. The largest absolute Gasteiger partial charge is 0.507 e. The van der Waals surface area contributed by atoms with Crippen molar-refractivity contribution in [1.29, 1.82) is 0 Å². The number of methoxy groups -OCH3 is 1. The molecule has 0 spiro atoms. The van der Waals surface area contributed by atoms with Crippen LogP contribution in [0.15, 0.2) is 30.3 Å². The second-order valence-corrected chi connectivity index (χ2v) is 6.48. The minimum Gasteiger partial charge on any atom is -0.507 e. The summed E-state index contributed by atoms with van der Waals surface area (Å²) in [7, 11) is 1.53. The standard InChI is InChI=1S/C20H24O4/c1-24-19-12-14-4-2-3-5-15(21)8-6-13-7-9-18(22)16(10-13)17(11-14)20(19)23/h7,9-12,15,21-23H,2-6,8H2,1H3/t15-/m1/s1. The molecule has 0 fully saturated rings. The van der Waals surface area contributed by atoms with Crippen molar-refractivity contribution in [2.24, 2.45) is 0 Å². The molecule has 4 heteroatoms. The van der Waals surface area contributed by atoms with Gasteiger partial charge in [0.05, 0.1) is 13.2 Å². The fraction of sp³-hybridized carbons (Fsp3) is 0.400. The van der Waals surface area contributed by atoms with Gasteiger partial charge in [-0.3, -0.25) is 0 Å². The van der Waals surface area contributed by atoms with E-state index in [9.17, 15) is 15.3 Å². The molecule has 2 aromatic rings. The molecule has 4 bridgehead atoms. The van der Waals surface area contributed by atoms with Crippen LogP contribution in [0.5, 0.6) is 17.2 Å². The first-order chi connectivity index (χ1) is 11.6. The lowest BCUT2D eigenvalue weighted by atomic mass is 9.96. The highest BCUT2D eigenvalue weighted by Crippen LogP contribution is 2.42. The predicted octanol–water partition coefficient (Wildman–Crippen LogP) is 3.79. The number of benzene rings is 2. The van der Waals surface area contributed by atoms with E-state index < -0.39 is 0 Å². The third-order valence-electron chi connectivity index (χ3n) is 4.72. The molecule has 3 N–H and O–H groups in total. The zero-order valence-corrected chi connectivity index (χ0v) is 14.0. The highest BCUT2D eigenvalue weighted by molar-refractivity contribution is 5.79. The third-order valence-corrected chi connectivity index (χ3v) is 4.72. The smallest absolute Gasteiger partial charge is 0.165 e. The summed E-state index contributed by atoms with van der Waals surface area (Å²) in [4.78, 5) is 0. The van der Waals surface area contributed by atoms with Crippen LogP contribution in [0.4, 0.5) is 0 Å². The summed E-state index contributed by atoms with van der Waals surface area (Å²) in [6.07, 6.45) is 4.72. The lowest BCUT2D eigenvalue weighted by Gasteiger charge is -2.14. The molecule has 128 valence electrons. The molecule has 24 heavy (non-hydrogen) atoms. The molecular weight excluding hydrogens is 304 g/mol. The summed E-state index contributed by atoms with van der Waals surface area (Å²) >= 11 is 0. The van der Waals surface area contributed by atoms with Crippen LogP contribution in [0.3, 0.4) is 0 Å². The topological polar surface area (TPSA) is 69.9 Å². The van der Waals surface area contributed by atoms with Gasteiger partial charge < -0.3 is 20.1 Å². The Kier molecular flexibility index (Phi) is 4.95. The average Bonchev–Trinajstić information content (AvgIpc) is 2.59. The zero-order chi connectivity index (χ0) is 17.1. The summed E-state index contributed by atoms with van der Waals surface area (Å²) in [5, 5.41) is 30.9. The van der Waals surface area contributed by atoms with Crippen LogP contribution in [0.25, 0.3) is 11.1 Å². The highest BCUT2D eigenvalue weighted by atomic mass is 16.5. The van der Waals surface area contributed by atoms with Crippen LogP contribution in [-0.4, -0.2) is 28.5 Å². The van der Waals surface area contributed by atoms with Gasteiger partial charge in [-0.1, -0.05) is 12.5 Å². The molecular formula is C20H24O4. The first kappa shape index (κ1) is 16.7. The zero-order valence-electron chi connectivity index (χ0n) is 14.0. The molecule has 0 heterocycles. The van der Waals surface area contributed by atoms with Crippen molar-refractivity contribution in [3.05, 3.63) is 41.5 Å². The van der Waals surface area contributed by atoms with Gasteiger partial charge in [0.15, 0.2) is 11.5 Å². The van der Waals surface area contributed by atoms with Crippen molar-refractivity contribution in [1.82, 2.24) is 0 Å². The van der Waals surface area contributed by atoms with Crippen LogP contribution in [0, 0.1) is 0 Å². The number of rotatable bonds is 1. The molecule has 0 aromatic heterocycles. The number of aliphatic hydroxyl groups excluding tert-OH is 1. The van der Waals surface area contributed by atoms with E-state index in [2.05, 4.69) is 0 Å². The van der Waals surface area contributed by atoms with E-state index in [1.807, 2.05) is 24.3 Å². The maximum absolute atomic E-state index is 10.5. The fourth-order valence-corrected chi connectivity index (χ4v) is 3.31. The Morgan fingerprint density at radius 2 is 1.71 bits per heavy atom. The lowest BCUT2D eigenvalue weighted by molar-refractivity contribution is 0.151. The van der Waals surface area contributed by atoms with Crippen LogP contribution in [-0.2, 0) is 12.8 Å². The number of ether oxygens (including phenoxy) is 1. The molecule has 4 nitrogen and oxygen atoms in total. The number of hydrogen-bond donors (Lipinski definition) is 3. The number of fused-ring (bicyclic) bond motifs is 5. The minimum atomic E-state index is -0.297. The van der Waals surface area contributed by atoms with Crippen molar-refractivity contribution < 1.29 is 20.1 Å². The third kappa shape index (κ3) is 3.49. The highest BCUT2D eigenvalue weighted by Gasteiger charge is 2.17. The Labute approximate surface area is 142 Å². The summed E-state index contributed by atoms with van der Waals surface area (Å²) < 4.78 is 5.31. The Hall–Kier alpha value is -2.20. The average molecular weight is 328 g/mol. The van der Waals surface area contributed by atoms with Crippen molar-refractivity contribution in [2.45, 2.75) is 44.6 Å². The summed E-state index contributed by atoms with van der Waals surface area (Å²) in [5.74, 6) is 0.592. The molecule has 1 aliphatic carbocycles. The van der Waals surface area contributed by atoms with Gasteiger partial charge in [0.1, 0.15) is 5.75 Å². The molecule has 0 amide bonds. The van der Waals surface area contributed by atoms with Gasteiger partial charge in [-0.15, -0.1) is 0 Å². The van der Waals surface area contributed by atoms with Crippen LogP contribution in [0.1, 0.15) is 36.8 Å². The van der Waals surface area contributed by atoms with E-state index in [0.29, 0.717) is 23.3 Å². The molecule has 0 unspecified atom stereocenters. The van der Waals surface area contributed by atoms with E-state index in [1.54, 1.807) is 6.07 Å². The molecule has 3 rings (SSSR count).